The third-order valence-electron chi connectivity index (χ3n) is 2.34. The Labute approximate surface area is 102 Å². The number of amides is 2. The summed E-state index contributed by atoms with van der Waals surface area (Å²) >= 11 is 0. The zero-order valence-electron chi connectivity index (χ0n) is 10.8. The minimum absolute atomic E-state index is 0.149. The first-order chi connectivity index (χ1) is 7.93. The van der Waals surface area contributed by atoms with Crippen molar-refractivity contribution in [2.24, 2.45) is 5.92 Å². The topological polar surface area (TPSA) is 69.6 Å². The summed E-state index contributed by atoms with van der Waals surface area (Å²) in [6.45, 7) is 10.1. The van der Waals surface area contributed by atoms with E-state index in [1.54, 1.807) is 24.8 Å². The third-order valence-corrected chi connectivity index (χ3v) is 2.34. The van der Waals surface area contributed by atoms with Crippen molar-refractivity contribution in [3.8, 4) is 0 Å². The molecule has 0 radical (unpaired) electrons. The third kappa shape index (κ3) is 5.38. The van der Waals surface area contributed by atoms with Crippen molar-refractivity contribution in [3.05, 3.63) is 12.7 Å². The van der Waals surface area contributed by atoms with E-state index in [2.05, 4.69) is 11.9 Å². The summed E-state index contributed by atoms with van der Waals surface area (Å²) in [6.07, 6.45) is 2.45. The zero-order valence-corrected chi connectivity index (χ0v) is 10.8. The summed E-state index contributed by atoms with van der Waals surface area (Å²) in [5, 5.41) is 11.5. The quantitative estimate of drug-likeness (QED) is 0.668. The lowest BCUT2D eigenvalue weighted by molar-refractivity contribution is -0.140. The second-order valence-corrected chi connectivity index (χ2v) is 4.24. The molecule has 2 N–H and O–H groups in total. The van der Waals surface area contributed by atoms with Crippen LogP contribution in [0.1, 0.15) is 27.2 Å². The first-order valence-corrected chi connectivity index (χ1v) is 5.83. The average molecular weight is 242 g/mol. The van der Waals surface area contributed by atoms with Crippen LogP contribution in [0.15, 0.2) is 12.7 Å². The number of aliphatic carboxylic acids is 1. The fourth-order valence-corrected chi connectivity index (χ4v) is 1.44. The average Bonchev–Trinajstić information content (AvgIpc) is 2.24. The summed E-state index contributed by atoms with van der Waals surface area (Å²) in [7, 11) is 0. The maximum atomic E-state index is 11.8. The van der Waals surface area contributed by atoms with Crippen molar-refractivity contribution in [2.45, 2.75) is 33.2 Å². The van der Waals surface area contributed by atoms with E-state index in [1.165, 1.54) is 0 Å². The molecule has 0 aliphatic heterocycles. The molecule has 0 heterocycles. The number of carbonyl (C=O) groups is 2. The smallest absolute Gasteiger partial charge is 0.326 e. The molecule has 0 aromatic carbocycles. The fourth-order valence-electron chi connectivity index (χ4n) is 1.44. The highest BCUT2D eigenvalue weighted by Crippen LogP contribution is 2.03. The van der Waals surface area contributed by atoms with Crippen LogP contribution in [0.4, 0.5) is 4.79 Å². The van der Waals surface area contributed by atoms with E-state index in [0.29, 0.717) is 13.1 Å². The van der Waals surface area contributed by atoms with Gasteiger partial charge in [-0.05, 0) is 12.3 Å². The highest BCUT2D eigenvalue weighted by atomic mass is 16.4. The number of hydrogen-bond acceptors (Lipinski definition) is 2. The highest BCUT2D eigenvalue weighted by Gasteiger charge is 2.25. The van der Waals surface area contributed by atoms with E-state index in [0.717, 1.165) is 6.42 Å². The van der Waals surface area contributed by atoms with E-state index < -0.39 is 12.0 Å². The lowest BCUT2D eigenvalue weighted by Crippen LogP contribution is -2.50. The molecule has 0 spiro atoms. The van der Waals surface area contributed by atoms with Gasteiger partial charge in [-0.3, -0.25) is 0 Å². The molecule has 0 saturated heterocycles. The summed E-state index contributed by atoms with van der Waals surface area (Å²) in [5.74, 6) is -1.16. The number of rotatable bonds is 7. The van der Waals surface area contributed by atoms with Crippen LogP contribution in [0.3, 0.4) is 0 Å². The van der Waals surface area contributed by atoms with Crippen molar-refractivity contribution in [1.29, 1.82) is 0 Å². The predicted octanol–water partition coefficient (Wildman–Crippen LogP) is 1.70. The lowest BCUT2D eigenvalue weighted by Gasteiger charge is -2.25. The van der Waals surface area contributed by atoms with E-state index in [-0.39, 0.29) is 11.9 Å². The van der Waals surface area contributed by atoms with Gasteiger partial charge in [0.15, 0.2) is 0 Å². The van der Waals surface area contributed by atoms with Crippen LogP contribution in [0.2, 0.25) is 0 Å². The largest absolute Gasteiger partial charge is 0.480 e. The van der Waals surface area contributed by atoms with Gasteiger partial charge >= 0.3 is 12.0 Å². The van der Waals surface area contributed by atoms with Crippen molar-refractivity contribution in [3.63, 3.8) is 0 Å². The van der Waals surface area contributed by atoms with Gasteiger partial charge < -0.3 is 15.3 Å². The number of urea groups is 1. The number of carbonyl (C=O) groups excluding carboxylic acids is 1. The Morgan fingerprint density at radius 2 is 2.06 bits per heavy atom. The van der Waals surface area contributed by atoms with Crippen LogP contribution in [-0.2, 0) is 4.79 Å². The molecule has 0 saturated carbocycles. The van der Waals surface area contributed by atoms with Crippen LogP contribution >= 0.6 is 0 Å². The van der Waals surface area contributed by atoms with Gasteiger partial charge in [-0.15, -0.1) is 6.58 Å². The first-order valence-electron chi connectivity index (χ1n) is 5.83. The maximum Gasteiger partial charge on any atom is 0.326 e. The monoisotopic (exact) mass is 242 g/mol. The van der Waals surface area contributed by atoms with Crippen LogP contribution in [0.5, 0.6) is 0 Å². The molecule has 0 aliphatic rings. The maximum absolute atomic E-state index is 11.8. The summed E-state index contributed by atoms with van der Waals surface area (Å²) in [6, 6.07) is -1.21. The number of nitrogens with one attached hydrogen (secondary N) is 1. The molecular formula is C12H22N2O3. The molecule has 0 bridgehead atoms. The molecule has 0 fully saturated rings. The Morgan fingerprint density at radius 1 is 1.47 bits per heavy atom. The normalized spacial score (nSPS) is 12.0. The van der Waals surface area contributed by atoms with E-state index >= 15 is 0 Å². The Kier molecular flexibility index (Phi) is 7.02. The van der Waals surface area contributed by atoms with Gasteiger partial charge in [-0.25, -0.2) is 9.59 Å². The van der Waals surface area contributed by atoms with Gasteiger partial charge in [-0.2, -0.15) is 0 Å². The second kappa shape index (κ2) is 7.70. The number of hydrogen-bond donors (Lipinski definition) is 2. The Balaban J connectivity index is 4.55. The summed E-state index contributed by atoms with van der Waals surface area (Å²) in [4.78, 5) is 24.4. The molecule has 0 aromatic heterocycles. The standard InChI is InChI=1S/C12H22N2O3/c1-5-7-14(8-6-2)12(17)13-10(9(3)4)11(15)16/h5,9-10H,1,6-8H2,2-4H3,(H,13,17)(H,15,16)/t10-/m1/s1. The van der Waals surface area contributed by atoms with Crippen molar-refractivity contribution in [2.75, 3.05) is 13.1 Å². The van der Waals surface area contributed by atoms with Gasteiger partial charge in [0, 0.05) is 13.1 Å². The molecule has 5 nitrogen and oxygen atoms in total. The molecule has 98 valence electrons. The van der Waals surface area contributed by atoms with Gasteiger partial charge in [-0.1, -0.05) is 26.8 Å². The van der Waals surface area contributed by atoms with E-state index in [1.807, 2.05) is 6.92 Å². The molecule has 2 amide bonds. The van der Waals surface area contributed by atoms with Crippen molar-refractivity contribution >= 4 is 12.0 Å². The van der Waals surface area contributed by atoms with Gasteiger partial charge in [0.25, 0.3) is 0 Å². The minimum atomic E-state index is -1.01. The van der Waals surface area contributed by atoms with Crippen LogP contribution in [-0.4, -0.2) is 41.1 Å². The molecule has 0 unspecified atom stereocenters. The second-order valence-electron chi connectivity index (χ2n) is 4.24. The van der Waals surface area contributed by atoms with Crippen LogP contribution in [0.25, 0.3) is 0 Å². The molecular weight excluding hydrogens is 220 g/mol. The zero-order chi connectivity index (χ0) is 13.4. The fraction of sp³-hybridized carbons (Fsp3) is 0.667. The van der Waals surface area contributed by atoms with Gasteiger partial charge in [0.2, 0.25) is 0 Å². The van der Waals surface area contributed by atoms with Gasteiger partial charge in [0.05, 0.1) is 0 Å². The van der Waals surface area contributed by atoms with Crippen molar-refractivity contribution in [1.82, 2.24) is 10.2 Å². The van der Waals surface area contributed by atoms with E-state index in [4.69, 9.17) is 5.11 Å². The Morgan fingerprint density at radius 3 is 2.41 bits per heavy atom. The predicted molar refractivity (Wildman–Crippen MR) is 66.9 cm³/mol. The minimum Gasteiger partial charge on any atom is -0.480 e. The van der Waals surface area contributed by atoms with Gasteiger partial charge in [0.1, 0.15) is 6.04 Å². The molecule has 0 aliphatic carbocycles. The Hall–Kier alpha value is -1.52. The number of carboxylic acids is 1. The summed E-state index contributed by atoms with van der Waals surface area (Å²) in [5.41, 5.74) is 0. The summed E-state index contributed by atoms with van der Waals surface area (Å²) < 4.78 is 0. The van der Waals surface area contributed by atoms with Crippen LogP contribution < -0.4 is 5.32 Å². The molecule has 5 heteroatoms. The van der Waals surface area contributed by atoms with E-state index in [9.17, 15) is 9.59 Å². The molecule has 17 heavy (non-hydrogen) atoms. The first kappa shape index (κ1) is 15.5. The van der Waals surface area contributed by atoms with Crippen molar-refractivity contribution < 1.29 is 14.7 Å². The Bertz CT molecular complexity index is 277. The molecule has 0 rings (SSSR count). The molecule has 1 atom stereocenters. The van der Waals surface area contributed by atoms with Crippen LogP contribution in [0, 0.1) is 5.92 Å². The number of nitrogens with zero attached hydrogens (tertiary/aromatic N) is 1. The number of carboxylic acid groups (broad SMARTS) is 1. The SMILES string of the molecule is C=CCN(CCC)C(=O)N[C@@H](C(=O)O)C(C)C. The highest BCUT2D eigenvalue weighted by molar-refractivity contribution is 5.82. The lowest BCUT2D eigenvalue weighted by atomic mass is 10.1. The molecule has 0 aromatic rings.